The van der Waals surface area contributed by atoms with Crippen LogP contribution in [0.5, 0.6) is 0 Å². The molecule has 1 aliphatic carbocycles. The molecule has 1 heterocycles. The van der Waals surface area contributed by atoms with Gasteiger partial charge in [0, 0.05) is 33.5 Å². The Kier molecular flexibility index (Phi) is 9.68. The Morgan fingerprint density at radius 1 is 0.294 bits per heavy atom. The van der Waals surface area contributed by atoms with Crippen LogP contribution in [0.15, 0.2) is 255 Å². The van der Waals surface area contributed by atoms with Crippen molar-refractivity contribution in [3.05, 3.63) is 260 Å². The number of allylic oxidation sites excluding steroid dienone is 4. The Hall–Kier alpha value is -8.72. The SMILES string of the molecule is C1=C(c2ccc3ccccc3c2)CCC(n2c3ccccc3c3cc(-c4ccc(N(c5ccc(-c6ccc7ccccc7c6)cc5)c5ccc(-c6cccc7ccccc67)cc5)cc4)ccc32)=C1. The van der Waals surface area contributed by atoms with Gasteiger partial charge in [0.1, 0.15) is 0 Å². The lowest BCUT2D eigenvalue weighted by molar-refractivity contribution is 0.992. The molecule has 0 saturated heterocycles. The molecule has 2 nitrogen and oxygen atoms in total. The van der Waals surface area contributed by atoms with Crippen LogP contribution in [0.2, 0.25) is 0 Å². The van der Waals surface area contributed by atoms with Crippen molar-refractivity contribution in [3.8, 4) is 33.4 Å². The van der Waals surface area contributed by atoms with E-state index in [0.717, 1.165) is 29.9 Å². The van der Waals surface area contributed by atoms with Crippen LogP contribution in [0.25, 0.3) is 98.8 Å². The molecule has 320 valence electrons. The molecule has 0 radical (unpaired) electrons. The molecule has 0 N–H and O–H groups in total. The molecule has 0 saturated carbocycles. The summed E-state index contributed by atoms with van der Waals surface area (Å²) in [4.78, 5) is 2.37. The fraction of sp³-hybridized carbons (Fsp3) is 0.0303. The molecule has 1 aliphatic rings. The minimum Gasteiger partial charge on any atom is -0.313 e. The van der Waals surface area contributed by atoms with Crippen LogP contribution < -0.4 is 4.90 Å². The van der Waals surface area contributed by atoms with Crippen LogP contribution in [-0.2, 0) is 0 Å². The minimum atomic E-state index is 0.976. The second kappa shape index (κ2) is 16.6. The van der Waals surface area contributed by atoms with E-state index in [1.54, 1.807) is 0 Å². The zero-order valence-electron chi connectivity index (χ0n) is 37.6. The molecular formula is C66H46N2. The van der Waals surface area contributed by atoms with E-state index in [1.807, 2.05) is 0 Å². The molecule has 12 aromatic rings. The maximum Gasteiger partial charge on any atom is 0.0538 e. The Morgan fingerprint density at radius 2 is 0.779 bits per heavy atom. The summed E-state index contributed by atoms with van der Waals surface area (Å²) in [6.07, 6.45) is 6.65. The predicted octanol–water partition coefficient (Wildman–Crippen LogP) is 18.4. The smallest absolute Gasteiger partial charge is 0.0538 e. The molecule has 1 aromatic heterocycles. The third kappa shape index (κ3) is 7.06. The van der Waals surface area contributed by atoms with E-state index in [9.17, 15) is 0 Å². The number of benzene rings is 11. The van der Waals surface area contributed by atoms with Crippen molar-refractivity contribution in [2.45, 2.75) is 12.8 Å². The molecule has 13 rings (SSSR count). The van der Waals surface area contributed by atoms with Gasteiger partial charge in [0.05, 0.1) is 11.0 Å². The number of fused-ring (bicyclic) bond motifs is 6. The molecule has 0 atom stereocenters. The molecule has 0 spiro atoms. The summed E-state index contributed by atoms with van der Waals surface area (Å²) in [6.45, 7) is 0. The fourth-order valence-electron chi connectivity index (χ4n) is 10.6. The first-order valence-corrected chi connectivity index (χ1v) is 23.7. The Labute approximate surface area is 396 Å². The van der Waals surface area contributed by atoms with E-state index in [2.05, 4.69) is 264 Å². The van der Waals surface area contributed by atoms with Crippen molar-refractivity contribution in [1.29, 1.82) is 0 Å². The maximum atomic E-state index is 2.49. The number of para-hydroxylation sites is 1. The van der Waals surface area contributed by atoms with Gasteiger partial charge in [-0.25, -0.2) is 0 Å². The van der Waals surface area contributed by atoms with E-state index in [4.69, 9.17) is 0 Å². The highest BCUT2D eigenvalue weighted by Crippen LogP contribution is 2.41. The van der Waals surface area contributed by atoms with E-state index in [0.29, 0.717) is 0 Å². The zero-order chi connectivity index (χ0) is 45.0. The quantitative estimate of drug-likeness (QED) is 0.148. The van der Waals surface area contributed by atoms with Gasteiger partial charge in [-0.15, -0.1) is 0 Å². The summed E-state index contributed by atoms with van der Waals surface area (Å²) in [5.74, 6) is 0. The third-order valence-electron chi connectivity index (χ3n) is 14.1. The van der Waals surface area contributed by atoms with Crippen LogP contribution in [0, 0.1) is 0 Å². The second-order valence-electron chi connectivity index (χ2n) is 18.1. The van der Waals surface area contributed by atoms with Gasteiger partial charge >= 0.3 is 0 Å². The molecular weight excluding hydrogens is 821 g/mol. The summed E-state index contributed by atoms with van der Waals surface area (Å²) in [5.41, 5.74) is 17.1. The van der Waals surface area contributed by atoms with Gasteiger partial charge in [-0.3, -0.25) is 0 Å². The molecule has 0 unspecified atom stereocenters. The highest BCUT2D eigenvalue weighted by Gasteiger charge is 2.19. The number of rotatable bonds is 8. The van der Waals surface area contributed by atoms with E-state index in [1.165, 1.54) is 104 Å². The maximum absolute atomic E-state index is 2.49. The lowest BCUT2D eigenvalue weighted by Gasteiger charge is -2.26. The zero-order valence-corrected chi connectivity index (χ0v) is 37.6. The monoisotopic (exact) mass is 866 g/mol. The van der Waals surface area contributed by atoms with Gasteiger partial charge in [-0.1, -0.05) is 182 Å². The van der Waals surface area contributed by atoms with Gasteiger partial charge in [0.25, 0.3) is 0 Å². The highest BCUT2D eigenvalue weighted by molar-refractivity contribution is 6.11. The van der Waals surface area contributed by atoms with Crippen LogP contribution in [0.3, 0.4) is 0 Å². The van der Waals surface area contributed by atoms with Gasteiger partial charge in [0.2, 0.25) is 0 Å². The van der Waals surface area contributed by atoms with E-state index < -0.39 is 0 Å². The second-order valence-corrected chi connectivity index (χ2v) is 18.1. The molecule has 0 fully saturated rings. The van der Waals surface area contributed by atoms with Crippen molar-refractivity contribution in [2.24, 2.45) is 0 Å². The molecule has 68 heavy (non-hydrogen) atoms. The largest absolute Gasteiger partial charge is 0.313 e. The molecule has 11 aromatic carbocycles. The first kappa shape index (κ1) is 39.6. The summed E-state index contributed by atoms with van der Waals surface area (Å²) in [5, 5.41) is 10.1. The Morgan fingerprint density at radius 3 is 1.43 bits per heavy atom. The molecule has 2 heteroatoms. The average Bonchev–Trinajstić information content (AvgIpc) is 3.75. The normalized spacial score (nSPS) is 12.8. The molecule has 0 amide bonds. The van der Waals surface area contributed by atoms with Crippen molar-refractivity contribution in [1.82, 2.24) is 4.57 Å². The van der Waals surface area contributed by atoms with E-state index in [-0.39, 0.29) is 0 Å². The van der Waals surface area contributed by atoms with Crippen molar-refractivity contribution in [3.63, 3.8) is 0 Å². The van der Waals surface area contributed by atoms with Gasteiger partial charge in [0.15, 0.2) is 0 Å². The minimum absolute atomic E-state index is 0.976. The number of hydrogen-bond donors (Lipinski definition) is 0. The number of hydrogen-bond acceptors (Lipinski definition) is 1. The fourth-order valence-corrected chi connectivity index (χ4v) is 10.6. The van der Waals surface area contributed by atoms with Gasteiger partial charge < -0.3 is 9.47 Å². The summed E-state index contributed by atoms with van der Waals surface area (Å²) >= 11 is 0. The van der Waals surface area contributed by atoms with Crippen LogP contribution >= 0.6 is 0 Å². The third-order valence-corrected chi connectivity index (χ3v) is 14.1. The first-order valence-electron chi connectivity index (χ1n) is 23.7. The molecule has 0 bridgehead atoms. The summed E-state index contributed by atoms with van der Waals surface area (Å²) in [6, 6.07) is 89.0. The predicted molar refractivity (Wildman–Crippen MR) is 291 cm³/mol. The van der Waals surface area contributed by atoms with Crippen molar-refractivity contribution >= 4 is 82.5 Å². The van der Waals surface area contributed by atoms with Crippen LogP contribution in [-0.4, -0.2) is 4.57 Å². The van der Waals surface area contributed by atoms with Crippen molar-refractivity contribution in [2.75, 3.05) is 4.90 Å². The Bertz CT molecular complexity index is 3940. The van der Waals surface area contributed by atoms with Crippen LogP contribution in [0.1, 0.15) is 18.4 Å². The number of anilines is 3. The summed E-state index contributed by atoms with van der Waals surface area (Å²) in [7, 11) is 0. The average molecular weight is 867 g/mol. The lowest BCUT2D eigenvalue weighted by Crippen LogP contribution is -2.09. The molecule has 0 aliphatic heterocycles. The number of aromatic nitrogens is 1. The standard InChI is InChI=1S/C66H46N2/c1-3-13-52-42-54(22-20-45(52)10-1)47-24-33-57(34-25-47)67(59-39-30-51(31-40-59)62-18-9-15-50-12-5-6-16-61(50)62)58-35-26-49(27-36-58)56-32-41-66-64(44-56)63-17-7-8-19-65(63)68(66)60-37-28-48(29-38-60)55-23-21-46-11-2-4-14-53(46)43-55/h1-28,30-37,39-44H,29,38H2. The Balaban J connectivity index is 0.848. The first-order chi connectivity index (χ1) is 33.7. The van der Waals surface area contributed by atoms with Gasteiger partial charge in [-0.2, -0.15) is 0 Å². The van der Waals surface area contributed by atoms with Gasteiger partial charge in [-0.05, 0) is 162 Å². The van der Waals surface area contributed by atoms with Crippen molar-refractivity contribution < 1.29 is 0 Å². The number of nitrogens with zero attached hydrogens (tertiary/aromatic N) is 2. The lowest BCUT2D eigenvalue weighted by atomic mass is 9.94. The topological polar surface area (TPSA) is 8.17 Å². The van der Waals surface area contributed by atoms with Crippen LogP contribution in [0.4, 0.5) is 17.1 Å². The summed E-state index contributed by atoms with van der Waals surface area (Å²) < 4.78 is 2.49. The van der Waals surface area contributed by atoms with E-state index >= 15 is 0 Å². The highest BCUT2D eigenvalue weighted by atomic mass is 15.1.